The Balaban J connectivity index is 2.06. The Morgan fingerprint density at radius 2 is 1.51 bits per heavy atom. The van der Waals surface area contributed by atoms with Gasteiger partial charge in [-0.3, -0.25) is 13.9 Å². The molecule has 0 heterocycles. The van der Waals surface area contributed by atoms with Crippen LogP contribution >= 0.6 is 0 Å². The van der Waals surface area contributed by atoms with Gasteiger partial charge < -0.3 is 19.7 Å². The molecule has 1 N–H and O–H groups in total. The molecule has 9 nitrogen and oxygen atoms in total. The summed E-state index contributed by atoms with van der Waals surface area (Å²) >= 11 is 0. The number of hydrogen-bond acceptors (Lipinski definition) is 6. The fourth-order valence-corrected chi connectivity index (χ4v) is 5.57. The van der Waals surface area contributed by atoms with E-state index < -0.39 is 28.5 Å². The standard InChI is InChI=1S/C31H39N3O6S/c1-22(2)19-32-31(36)24(4)33(20-25-10-8-7-9-11-25)30(35)21-34(26-14-17-28(39-5)29(18-26)40-6)41(37,38)27-15-12-23(3)13-16-27/h7-18,22,24H,19-21H2,1-6H3,(H,32,36)/t24-/m0/s1. The number of rotatable bonds is 13. The van der Waals surface area contributed by atoms with E-state index in [1.807, 2.05) is 51.1 Å². The number of methoxy groups -OCH3 is 2. The van der Waals surface area contributed by atoms with Crippen molar-refractivity contribution in [2.75, 3.05) is 31.6 Å². The molecule has 0 bridgehead atoms. The van der Waals surface area contributed by atoms with Gasteiger partial charge in [-0.25, -0.2) is 8.42 Å². The maximum absolute atomic E-state index is 14.0. The van der Waals surface area contributed by atoms with E-state index in [0.29, 0.717) is 18.0 Å². The Kier molecular flexibility index (Phi) is 10.8. The number of sulfonamides is 1. The second kappa shape index (κ2) is 14.0. The van der Waals surface area contributed by atoms with E-state index in [1.54, 1.807) is 31.2 Å². The molecule has 0 saturated heterocycles. The van der Waals surface area contributed by atoms with E-state index in [-0.39, 0.29) is 29.0 Å². The molecule has 0 fully saturated rings. The molecule has 0 saturated carbocycles. The number of amides is 2. The number of hydrogen-bond donors (Lipinski definition) is 1. The van der Waals surface area contributed by atoms with Gasteiger partial charge in [0.25, 0.3) is 10.0 Å². The Hall–Kier alpha value is -4.05. The Labute approximate surface area is 243 Å². The smallest absolute Gasteiger partial charge is 0.264 e. The average molecular weight is 582 g/mol. The maximum Gasteiger partial charge on any atom is 0.264 e. The molecular formula is C31H39N3O6S. The molecule has 0 aliphatic rings. The van der Waals surface area contributed by atoms with E-state index in [9.17, 15) is 18.0 Å². The van der Waals surface area contributed by atoms with E-state index >= 15 is 0 Å². The molecule has 0 radical (unpaired) electrons. The average Bonchev–Trinajstić information content (AvgIpc) is 2.97. The number of anilines is 1. The van der Waals surface area contributed by atoms with Gasteiger partial charge in [-0.15, -0.1) is 0 Å². The molecule has 2 amide bonds. The van der Waals surface area contributed by atoms with Crippen molar-refractivity contribution in [3.05, 3.63) is 83.9 Å². The molecule has 0 aromatic heterocycles. The lowest BCUT2D eigenvalue weighted by Gasteiger charge is -2.32. The van der Waals surface area contributed by atoms with Gasteiger partial charge in [-0.1, -0.05) is 61.9 Å². The van der Waals surface area contributed by atoms with Crippen LogP contribution in [0.4, 0.5) is 5.69 Å². The van der Waals surface area contributed by atoms with Crippen LogP contribution in [0.25, 0.3) is 0 Å². The van der Waals surface area contributed by atoms with Gasteiger partial charge in [0, 0.05) is 19.2 Å². The van der Waals surface area contributed by atoms with Crippen molar-refractivity contribution in [3.8, 4) is 11.5 Å². The molecule has 10 heteroatoms. The number of carbonyl (C=O) groups excluding carboxylic acids is 2. The minimum absolute atomic E-state index is 0.0306. The fourth-order valence-electron chi connectivity index (χ4n) is 4.16. The predicted octanol–water partition coefficient (Wildman–Crippen LogP) is 4.40. The summed E-state index contributed by atoms with van der Waals surface area (Å²) in [5.74, 6) is 0.0960. The minimum atomic E-state index is -4.20. The number of ether oxygens (including phenoxy) is 2. The van der Waals surface area contributed by atoms with E-state index in [4.69, 9.17) is 9.47 Å². The first-order chi connectivity index (χ1) is 19.5. The second-order valence-corrected chi connectivity index (χ2v) is 12.0. The van der Waals surface area contributed by atoms with Crippen LogP contribution in [0.2, 0.25) is 0 Å². The molecule has 1 atom stereocenters. The minimum Gasteiger partial charge on any atom is -0.493 e. The highest BCUT2D eigenvalue weighted by Crippen LogP contribution is 2.34. The summed E-state index contributed by atoms with van der Waals surface area (Å²) in [5.41, 5.74) is 1.92. The zero-order valence-electron chi connectivity index (χ0n) is 24.5. The first-order valence-electron chi connectivity index (χ1n) is 13.4. The lowest BCUT2D eigenvalue weighted by Crippen LogP contribution is -2.51. The first-order valence-corrected chi connectivity index (χ1v) is 14.8. The van der Waals surface area contributed by atoms with E-state index in [2.05, 4.69) is 5.32 Å². The quantitative estimate of drug-likeness (QED) is 0.321. The Bertz CT molecular complexity index is 1430. The normalized spacial score (nSPS) is 12.0. The largest absolute Gasteiger partial charge is 0.493 e. The van der Waals surface area contributed by atoms with Crippen molar-refractivity contribution in [2.45, 2.75) is 45.2 Å². The number of nitrogens with zero attached hydrogens (tertiary/aromatic N) is 2. The number of aryl methyl sites for hydroxylation is 1. The Morgan fingerprint density at radius 3 is 2.10 bits per heavy atom. The Morgan fingerprint density at radius 1 is 0.878 bits per heavy atom. The molecule has 0 aliphatic heterocycles. The van der Waals surface area contributed by atoms with Crippen LogP contribution in [0.5, 0.6) is 11.5 Å². The molecule has 3 aromatic carbocycles. The number of nitrogens with one attached hydrogen (secondary N) is 1. The van der Waals surface area contributed by atoms with Gasteiger partial charge in [0.15, 0.2) is 11.5 Å². The number of carbonyl (C=O) groups is 2. The molecular weight excluding hydrogens is 542 g/mol. The topological polar surface area (TPSA) is 105 Å². The fraction of sp³-hybridized carbons (Fsp3) is 0.355. The maximum atomic E-state index is 14.0. The number of benzene rings is 3. The molecule has 3 rings (SSSR count). The van der Waals surface area contributed by atoms with Crippen LogP contribution in [0.15, 0.2) is 77.7 Å². The van der Waals surface area contributed by atoms with Gasteiger partial charge in [0.05, 0.1) is 24.8 Å². The zero-order valence-corrected chi connectivity index (χ0v) is 25.3. The molecule has 0 aliphatic carbocycles. The lowest BCUT2D eigenvalue weighted by atomic mass is 10.1. The van der Waals surface area contributed by atoms with Crippen LogP contribution in [-0.4, -0.2) is 58.5 Å². The van der Waals surface area contributed by atoms with Gasteiger partial charge in [0.2, 0.25) is 11.8 Å². The van der Waals surface area contributed by atoms with Gasteiger partial charge in [-0.2, -0.15) is 0 Å². The highest BCUT2D eigenvalue weighted by molar-refractivity contribution is 7.92. The van der Waals surface area contributed by atoms with Crippen molar-refractivity contribution in [2.24, 2.45) is 5.92 Å². The summed E-state index contributed by atoms with van der Waals surface area (Å²) in [6.07, 6.45) is 0. The summed E-state index contributed by atoms with van der Waals surface area (Å²) in [5, 5.41) is 2.88. The van der Waals surface area contributed by atoms with E-state index in [0.717, 1.165) is 15.4 Å². The van der Waals surface area contributed by atoms with Crippen LogP contribution < -0.4 is 19.1 Å². The summed E-state index contributed by atoms with van der Waals surface area (Å²) in [4.78, 5) is 28.5. The van der Waals surface area contributed by atoms with Crippen LogP contribution in [0, 0.1) is 12.8 Å². The monoisotopic (exact) mass is 581 g/mol. The molecule has 3 aromatic rings. The van der Waals surface area contributed by atoms with Crippen molar-refractivity contribution in [3.63, 3.8) is 0 Å². The van der Waals surface area contributed by atoms with Gasteiger partial charge in [0.1, 0.15) is 12.6 Å². The third kappa shape index (κ3) is 8.00. The summed E-state index contributed by atoms with van der Waals surface area (Å²) in [7, 11) is -1.27. The van der Waals surface area contributed by atoms with Crippen molar-refractivity contribution >= 4 is 27.5 Å². The predicted molar refractivity (Wildman–Crippen MR) is 160 cm³/mol. The first kappa shape index (κ1) is 31.5. The highest BCUT2D eigenvalue weighted by Gasteiger charge is 2.33. The van der Waals surface area contributed by atoms with Gasteiger partial charge in [-0.05, 0) is 49.6 Å². The molecule has 41 heavy (non-hydrogen) atoms. The summed E-state index contributed by atoms with van der Waals surface area (Å²) in [6.45, 7) is 7.51. The van der Waals surface area contributed by atoms with E-state index in [1.165, 1.54) is 37.3 Å². The third-order valence-corrected chi connectivity index (χ3v) is 8.38. The van der Waals surface area contributed by atoms with Crippen LogP contribution in [0.1, 0.15) is 31.9 Å². The second-order valence-electron chi connectivity index (χ2n) is 10.2. The molecule has 0 unspecified atom stereocenters. The lowest BCUT2D eigenvalue weighted by molar-refractivity contribution is -0.139. The zero-order chi connectivity index (χ0) is 30.2. The molecule has 0 spiro atoms. The van der Waals surface area contributed by atoms with Gasteiger partial charge >= 0.3 is 0 Å². The van der Waals surface area contributed by atoms with Crippen LogP contribution in [-0.2, 0) is 26.2 Å². The van der Waals surface area contributed by atoms with Crippen molar-refractivity contribution in [1.82, 2.24) is 10.2 Å². The van der Waals surface area contributed by atoms with Crippen molar-refractivity contribution < 1.29 is 27.5 Å². The summed E-state index contributed by atoms with van der Waals surface area (Å²) < 4.78 is 39.8. The SMILES string of the molecule is COc1ccc(N(CC(=O)N(Cc2ccccc2)[C@@H](C)C(=O)NCC(C)C)S(=O)(=O)c2ccc(C)cc2)cc1OC. The molecule has 220 valence electrons. The van der Waals surface area contributed by atoms with Crippen molar-refractivity contribution in [1.29, 1.82) is 0 Å². The highest BCUT2D eigenvalue weighted by atomic mass is 32.2. The van der Waals surface area contributed by atoms with Crippen LogP contribution in [0.3, 0.4) is 0 Å². The summed E-state index contributed by atoms with van der Waals surface area (Å²) in [6, 6.07) is 19.5. The third-order valence-electron chi connectivity index (χ3n) is 6.59.